The van der Waals surface area contributed by atoms with E-state index in [1.807, 2.05) is 0 Å². The van der Waals surface area contributed by atoms with Gasteiger partial charge in [0.25, 0.3) is 5.91 Å². The summed E-state index contributed by atoms with van der Waals surface area (Å²) in [6, 6.07) is 2.87. The van der Waals surface area contributed by atoms with E-state index in [-0.39, 0.29) is 23.1 Å². The van der Waals surface area contributed by atoms with Crippen molar-refractivity contribution in [3.63, 3.8) is 0 Å². The van der Waals surface area contributed by atoms with Gasteiger partial charge in [-0.05, 0) is 46.8 Å². The molecule has 1 amide bonds. The van der Waals surface area contributed by atoms with Crippen molar-refractivity contribution in [3.8, 4) is 11.1 Å². The Bertz CT molecular complexity index is 957. The van der Waals surface area contributed by atoms with Gasteiger partial charge in [0.2, 0.25) is 0 Å². The molecular weight excluding hydrogens is 444 g/mol. The van der Waals surface area contributed by atoms with Crippen LogP contribution < -0.4 is 0 Å². The number of thiocarbonyl (C=S) groups is 1. The van der Waals surface area contributed by atoms with Crippen LogP contribution in [0.5, 0.6) is 0 Å². The molecule has 28 heavy (non-hydrogen) atoms. The molecule has 1 aromatic carbocycles. The molecule has 1 aliphatic heterocycles. The number of nitrogens with zero attached hydrogens (tertiary/aromatic N) is 1. The van der Waals surface area contributed by atoms with Gasteiger partial charge in [0.15, 0.2) is 0 Å². The first-order valence-electron chi connectivity index (χ1n) is 7.46. The first-order chi connectivity index (χ1) is 12.9. The third-order valence-corrected chi connectivity index (χ3v) is 6.17. The highest BCUT2D eigenvalue weighted by atomic mass is 32.2. The fourth-order valence-corrected chi connectivity index (χ4v) is 4.47. The third kappa shape index (κ3) is 4.26. The lowest BCUT2D eigenvalue weighted by molar-refractivity contribution is -0.143. The van der Waals surface area contributed by atoms with Gasteiger partial charge < -0.3 is 0 Å². The number of hydrogen-bond acceptors (Lipinski definition) is 4. The second-order valence-corrected chi connectivity index (χ2v) is 8.39. The van der Waals surface area contributed by atoms with Gasteiger partial charge in [0.05, 0.1) is 16.0 Å². The average molecular weight is 453 g/mol. The van der Waals surface area contributed by atoms with E-state index in [0.717, 1.165) is 23.1 Å². The summed E-state index contributed by atoms with van der Waals surface area (Å²) in [6.07, 6.45) is -8.32. The Morgan fingerprint density at radius 3 is 2.00 bits per heavy atom. The van der Waals surface area contributed by atoms with Crippen molar-refractivity contribution in [1.29, 1.82) is 0 Å². The largest absolute Gasteiger partial charge is 0.416 e. The molecule has 2 nitrogen and oxygen atoms in total. The molecule has 0 spiro atoms. The van der Waals surface area contributed by atoms with Crippen molar-refractivity contribution < 1.29 is 31.1 Å². The van der Waals surface area contributed by atoms with Crippen molar-refractivity contribution in [2.75, 3.05) is 7.05 Å². The highest BCUT2D eigenvalue weighted by Crippen LogP contribution is 2.40. The van der Waals surface area contributed by atoms with Gasteiger partial charge in [-0.2, -0.15) is 26.3 Å². The first-order valence-corrected chi connectivity index (χ1v) is 9.56. The number of rotatable bonds is 2. The number of thioether (sulfide) groups is 1. The summed E-state index contributed by atoms with van der Waals surface area (Å²) in [6.45, 7) is 0. The lowest BCUT2D eigenvalue weighted by Crippen LogP contribution is -2.22. The van der Waals surface area contributed by atoms with E-state index < -0.39 is 23.5 Å². The minimum Gasteiger partial charge on any atom is -0.296 e. The molecule has 1 fully saturated rings. The predicted octanol–water partition coefficient (Wildman–Crippen LogP) is 6.28. The molecule has 148 valence electrons. The Morgan fingerprint density at radius 2 is 1.54 bits per heavy atom. The molecule has 1 saturated heterocycles. The molecule has 1 aliphatic rings. The quantitative estimate of drug-likeness (QED) is 0.303. The van der Waals surface area contributed by atoms with E-state index in [9.17, 15) is 31.1 Å². The van der Waals surface area contributed by atoms with Crippen LogP contribution in [0.4, 0.5) is 26.3 Å². The van der Waals surface area contributed by atoms with E-state index in [1.165, 1.54) is 29.5 Å². The SMILES string of the molecule is CN1C(=O)/C(=C/c2cc(-c3cc(C(F)(F)F)cc(C(F)(F)F)c3)cs2)SC1=S. The molecule has 3 rings (SSSR count). The molecule has 0 saturated carbocycles. The fraction of sp³-hybridized carbons (Fsp3) is 0.176. The molecule has 0 bridgehead atoms. The van der Waals surface area contributed by atoms with Crippen LogP contribution in [-0.2, 0) is 17.1 Å². The first kappa shape index (κ1) is 20.9. The number of halogens is 6. The van der Waals surface area contributed by atoms with Crippen molar-refractivity contribution in [2.24, 2.45) is 0 Å². The summed E-state index contributed by atoms with van der Waals surface area (Å²) in [4.78, 5) is 14.1. The van der Waals surface area contributed by atoms with Gasteiger partial charge in [-0.25, -0.2) is 0 Å². The summed E-state index contributed by atoms with van der Waals surface area (Å²) < 4.78 is 78.4. The number of thiophene rings is 1. The number of alkyl halides is 6. The Morgan fingerprint density at radius 1 is 0.964 bits per heavy atom. The van der Waals surface area contributed by atoms with Crippen LogP contribution in [0.25, 0.3) is 17.2 Å². The number of benzene rings is 1. The van der Waals surface area contributed by atoms with Crippen molar-refractivity contribution >= 4 is 51.6 Å². The number of likely N-dealkylation sites (N-methyl/N-ethyl adjacent to an activating group) is 1. The zero-order chi connectivity index (χ0) is 20.9. The Labute approximate surface area is 168 Å². The van der Waals surface area contributed by atoms with Crippen molar-refractivity contribution in [1.82, 2.24) is 4.90 Å². The molecule has 0 aliphatic carbocycles. The molecule has 2 heterocycles. The molecule has 2 aromatic rings. The predicted molar refractivity (Wildman–Crippen MR) is 101 cm³/mol. The second kappa shape index (κ2) is 7.20. The van der Waals surface area contributed by atoms with Crippen molar-refractivity contribution in [3.05, 3.63) is 50.6 Å². The average Bonchev–Trinajstić information content (AvgIpc) is 3.14. The van der Waals surface area contributed by atoms with Crippen molar-refractivity contribution in [2.45, 2.75) is 12.4 Å². The number of carbonyl (C=O) groups is 1. The summed E-state index contributed by atoms with van der Waals surface area (Å²) in [7, 11) is 1.51. The van der Waals surface area contributed by atoms with E-state index in [0.29, 0.717) is 26.2 Å². The van der Waals surface area contributed by atoms with Crippen LogP contribution in [0.1, 0.15) is 16.0 Å². The third-order valence-electron chi connectivity index (χ3n) is 3.80. The minimum absolute atomic E-state index is 0.0867. The lowest BCUT2D eigenvalue weighted by atomic mass is 10.0. The molecular formula is C17H9F6NOS3. The Balaban J connectivity index is 2.01. The maximum Gasteiger partial charge on any atom is 0.416 e. The van der Waals surface area contributed by atoms with Gasteiger partial charge in [0.1, 0.15) is 4.32 Å². The highest BCUT2D eigenvalue weighted by Gasteiger charge is 2.37. The van der Waals surface area contributed by atoms with Crippen LogP contribution in [0.2, 0.25) is 0 Å². The van der Waals surface area contributed by atoms with Gasteiger partial charge in [-0.3, -0.25) is 9.69 Å². The van der Waals surface area contributed by atoms with Crippen LogP contribution in [0.15, 0.2) is 34.6 Å². The summed E-state index contributed by atoms with van der Waals surface area (Å²) >= 11 is 7.18. The normalized spacial score (nSPS) is 17.1. The Hall–Kier alpha value is -1.85. The molecule has 0 atom stereocenters. The maximum atomic E-state index is 13.0. The summed E-state index contributed by atoms with van der Waals surface area (Å²) in [5, 5.41) is 1.44. The second-order valence-electron chi connectivity index (χ2n) is 5.77. The van der Waals surface area contributed by atoms with Gasteiger partial charge in [-0.1, -0.05) is 24.0 Å². The van der Waals surface area contributed by atoms with E-state index in [4.69, 9.17) is 12.2 Å². The van der Waals surface area contributed by atoms with E-state index >= 15 is 0 Å². The summed E-state index contributed by atoms with van der Waals surface area (Å²) in [5.41, 5.74) is -2.77. The molecule has 0 unspecified atom stereocenters. The Kier molecular flexibility index (Phi) is 5.36. The van der Waals surface area contributed by atoms with Crippen LogP contribution in [0, 0.1) is 0 Å². The topological polar surface area (TPSA) is 20.3 Å². The molecule has 0 radical (unpaired) electrons. The standard InChI is InChI=1S/C17H9F6NOS3/c1-24-14(25)13(28-15(24)26)6-12-4-9(7-27-12)8-2-10(16(18,19)20)5-11(3-8)17(21,22)23/h2-7H,1H3/b13-6-. The van der Waals surface area contributed by atoms with Gasteiger partial charge in [0, 0.05) is 11.9 Å². The molecule has 0 N–H and O–H groups in total. The van der Waals surface area contributed by atoms with Crippen LogP contribution in [-0.4, -0.2) is 22.2 Å². The zero-order valence-electron chi connectivity index (χ0n) is 13.8. The number of hydrogen-bond donors (Lipinski definition) is 0. The maximum absolute atomic E-state index is 13.0. The smallest absolute Gasteiger partial charge is 0.296 e. The lowest BCUT2D eigenvalue weighted by Gasteiger charge is -2.13. The summed E-state index contributed by atoms with van der Waals surface area (Å²) in [5.74, 6) is -0.316. The minimum atomic E-state index is -4.91. The van der Waals surface area contributed by atoms with Gasteiger partial charge in [-0.15, -0.1) is 11.3 Å². The van der Waals surface area contributed by atoms with Crippen LogP contribution in [0.3, 0.4) is 0 Å². The molecule has 1 aromatic heterocycles. The highest BCUT2D eigenvalue weighted by molar-refractivity contribution is 8.26. The number of amides is 1. The van der Waals surface area contributed by atoms with E-state index in [1.54, 1.807) is 0 Å². The monoisotopic (exact) mass is 453 g/mol. The van der Waals surface area contributed by atoms with Crippen LogP contribution >= 0.6 is 35.3 Å². The number of carbonyl (C=O) groups excluding carboxylic acids is 1. The van der Waals surface area contributed by atoms with Gasteiger partial charge >= 0.3 is 12.4 Å². The molecule has 11 heteroatoms. The van der Waals surface area contributed by atoms with E-state index in [2.05, 4.69) is 0 Å². The fourth-order valence-electron chi connectivity index (χ4n) is 2.38. The zero-order valence-corrected chi connectivity index (χ0v) is 16.3.